The predicted molar refractivity (Wildman–Crippen MR) is 68.2 cm³/mol. The lowest BCUT2D eigenvalue weighted by molar-refractivity contribution is 0.103. The molecule has 0 saturated carbocycles. The van der Waals surface area contributed by atoms with Crippen molar-refractivity contribution in [3.8, 4) is 6.07 Å². The zero-order valence-electron chi connectivity index (χ0n) is 9.38. The number of carbonyl (C=O) groups excluding carboxylic acids is 1. The molecule has 2 nitrogen and oxygen atoms in total. The Balaban J connectivity index is 2.25. The molecule has 1 aromatic heterocycles. The van der Waals surface area contributed by atoms with E-state index in [4.69, 9.17) is 5.26 Å². The van der Waals surface area contributed by atoms with Crippen molar-refractivity contribution in [2.75, 3.05) is 0 Å². The van der Waals surface area contributed by atoms with Crippen LogP contribution in [0.1, 0.15) is 34.3 Å². The lowest BCUT2D eigenvalue weighted by Gasteiger charge is -2.04. The van der Waals surface area contributed by atoms with Crippen LogP contribution in [0.3, 0.4) is 0 Å². The Kier molecular flexibility index (Phi) is 3.36. The predicted octanol–water partition coefficient (Wildman–Crippen LogP) is 3.61. The van der Waals surface area contributed by atoms with E-state index in [-0.39, 0.29) is 11.7 Å². The van der Waals surface area contributed by atoms with Crippen molar-refractivity contribution < 1.29 is 4.79 Å². The first kappa shape index (κ1) is 11.6. The Morgan fingerprint density at radius 2 is 1.94 bits per heavy atom. The minimum absolute atomic E-state index is 0.0300. The smallest absolute Gasteiger partial charge is 0.193 e. The molecule has 0 aliphatic rings. The number of hydrogen-bond donors (Lipinski definition) is 0. The van der Waals surface area contributed by atoms with Crippen molar-refractivity contribution in [3.05, 3.63) is 57.8 Å². The molecule has 84 valence electrons. The average Bonchev–Trinajstić information content (AvgIpc) is 2.91. The molecule has 0 bridgehead atoms. The van der Waals surface area contributed by atoms with Crippen LogP contribution in [0, 0.1) is 11.3 Å². The van der Waals surface area contributed by atoms with Crippen LogP contribution in [-0.4, -0.2) is 5.78 Å². The van der Waals surface area contributed by atoms with Gasteiger partial charge in [-0.2, -0.15) is 16.6 Å². The van der Waals surface area contributed by atoms with Crippen molar-refractivity contribution in [3.63, 3.8) is 0 Å². The van der Waals surface area contributed by atoms with Crippen LogP contribution in [-0.2, 0) is 0 Å². The number of hydrogen-bond acceptors (Lipinski definition) is 3. The van der Waals surface area contributed by atoms with Crippen molar-refractivity contribution in [2.45, 2.75) is 12.8 Å². The zero-order chi connectivity index (χ0) is 12.3. The van der Waals surface area contributed by atoms with Crippen molar-refractivity contribution >= 4 is 17.1 Å². The number of nitrogens with zero attached hydrogens (tertiary/aromatic N) is 1. The summed E-state index contributed by atoms with van der Waals surface area (Å²) in [6.07, 6.45) is 0. The molecule has 2 rings (SSSR count). The summed E-state index contributed by atoms with van der Waals surface area (Å²) in [5.41, 5.74) is 2.32. The van der Waals surface area contributed by atoms with E-state index in [1.807, 2.05) is 35.9 Å². The molecule has 0 aliphatic heterocycles. The van der Waals surface area contributed by atoms with Gasteiger partial charge in [-0.15, -0.1) is 0 Å². The zero-order valence-corrected chi connectivity index (χ0v) is 10.2. The molecule has 1 heterocycles. The Bertz CT molecular complexity index is 549. The normalized spacial score (nSPS) is 11.8. The second kappa shape index (κ2) is 4.94. The van der Waals surface area contributed by atoms with Crippen LogP contribution in [0.15, 0.2) is 41.1 Å². The number of carbonyl (C=O) groups is 1. The van der Waals surface area contributed by atoms with E-state index < -0.39 is 0 Å². The molecule has 0 aliphatic carbocycles. The van der Waals surface area contributed by atoms with Gasteiger partial charge >= 0.3 is 0 Å². The lowest BCUT2D eigenvalue weighted by Crippen LogP contribution is -2.00. The van der Waals surface area contributed by atoms with Gasteiger partial charge in [-0.3, -0.25) is 4.79 Å². The third kappa shape index (κ3) is 2.43. The van der Waals surface area contributed by atoms with Gasteiger partial charge in [-0.05, 0) is 23.9 Å². The fourth-order valence-corrected chi connectivity index (χ4v) is 2.19. The van der Waals surface area contributed by atoms with Crippen LogP contribution in [0.25, 0.3) is 0 Å². The van der Waals surface area contributed by atoms with E-state index in [1.54, 1.807) is 12.1 Å². The summed E-state index contributed by atoms with van der Waals surface area (Å²) in [6, 6.07) is 11.2. The van der Waals surface area contributed by atoms with Gasteiger partial charge in [0, 0.05) is 16.5 Å². The Hall–Kier alpha value is -1.92. The quantitative estimate of drug-likeness (QED) is 0.770. The summed E-state index contributed by atoms with van der Waals surface area (Å²) in [7, 11) is 0. The molecule has 0 fully saturated rings. The van der Waals surface area contributed by atoms with Gasteiger partial charge in [0.15, 0.2) is 5.78 Å². The summed E-state index contributed by atoms with van der Waals surface area (Å²) in [5.74, 6) is -0.109. The highest BCUT2D eigenvalue weighted by molar-refractivity contribution is 7.08. The van der Waals surface area contributed by atoms with Gasteiger partial charge in [0.2, 0.25) is 0 Å². The molecule has 0 spiro atoms. The second-order valence-electron chi connectivity index (χ2n) is 3.81. The van der Waals surface area contributed by atoms with E-state index >= 15 is 0 Å². The van der Waals surface area contributed by atoms with Crippen LogP contribution < -0.4 is 0 Å². The molecule has 0 radical (unpaired) electrons. The van der Waals surface area contributed by atoms with Gasteiger partial charge in [0.05, 0.1) is 12.0 Å². The van der Waals surface area contributed by atoms with E-state index in [2.05, 4.69) is 6.07 Å². The first-order valence-electron chi connectivity index (χ1n) is 5.29. The molecule has 1 aromatic carbocycles. The van der Waals surface area contributed by atoms with Gasteiger partial charge in [-0.1, -0.05) is 24.3 Å². The molecule has 0 saturated heterocycles. The Morgan fingerprint density at radius 1 is 1.24 bits per heavy atom. The number of nitriles is 1. The van der Waals surface area contributed by atoms with Gasteiger partial charge in [0.25, 0.3) is 0 Å². The van der Waals surface area contributed by atoms with Crippen LogP contribution in [0.2, 0.25) is 0 Å². The van der Waals surface area contributed by atoms with E-state index in [0.717, 1.165) is 11.1 Å². The maximum atomic E-state index is 12.0. The Morgan fingerprint density at radius 3 is 2.47 bits per heavy atom. The second-order valence-corrected chi connectivity index (χ2v) is 4.59. The van der Waals surface area contributed by atoms with Gasteiger partial charge < -0.3 is 0 Å². The highest BCUT2D eigenvalue weighted by Gasteiger charge is 2.10. The molecule has 0 N–H and O–H groups in total. The minimum Gasteiger partial charge on any atom is -0.289 e. The molecular formula is C14H11NOS. The summed E-state index contributed by atoms with van der Waals surface area (Å²) in [5, 5.41) is 12.5. The van der Waals surface area contributed by atoms with Crippen molar-refractivity contribution in [2.24, 2.45) is 0 Å². The molecule has 0 amide bonds. The van der Waals surface area contributed by atoms with E-state index in [0.29, 0.717) is 5.56 Å². The van der Waals surface area contributed by atoms with Gasteiger partial charge in [0.1, 0.15) is 0 Å². The standard InChI is InChI=1S/C14H11NOS/c1-10(8-15)11-2-4-12(5-3-11)14(16)13-6-7-17-9-13/h2-7,9-10H,1H3. The molecule has 1 atom stereocenters. The number of benzene rings is 1. The highest BCUT2D eigenvalue weighted by atomic mass is 32.1. The van der Waals surface area contributed by atoms with E-state index in [1.165, 1.54) is 11.3 Å². The van der Waals surface area contributed by atoms with Gasteiger partial charge in [-0.25, -0.2) is 0 Å². The van der Waals surface area contributed by atoms with Crippen LogP contribution in [0.4, 0.5) is 0 Å². The summed E-state index contributed by atoms with van der Waals surface area (Å²) < 4.78 is 0. The van der Waals surface area contributed by atoms with Crippen molar-refractivity contribution in [1.29, 1.82) is 5.26 Å². The average molecular weight is 241 g/mol. The van der Waals surface area contributed by atoms with Crippen LogP contribution in [0.5, 0.6) is 0 Å². The first-order chi connectivity index (χ1) is 8.22. The van der Waals surface area contributed by atoms with Crippen LogP contribution >= 0.6 is 11.3 Å². The maximum absolute atomic E-state index is 12.0. The number of ketones is 1. The highest BCUT2D eigenvalue weighted by Crippen LogP contribution is 2.17. The molecule has 1 unspecified atom stereocenters. The fourth-order valence-electron chi connectivity index (χ4n) is 1.56. The summed E-state index contributed by atoms with van der Waals surface area (Å²) in [6.45, 7) is 1.84. The number of rotatable bonds is 3. The fraction of sp³-hybridized carbons (Fsp3) is 0.143. The maximum Gasteiger partial charge on any atom is 0.193 e. The summed E-state index contributed by atoms with van der Waals surface area (Å²) in [4.78, 5) is 12.0. The Labute approximate surface area is 104 Å². The molecular weight excluding hydrogens is 230 g/mol. The first-order valence-corrected chi connectivity index (χ1v) is 6.23. The minimum atomic E-state index is -0.139. The third-order valence-corrected chi connectivity index (χ3v) is 3.33. The molecule has 17 heavy (non-hydrogen) atoms. The topological polar surface area (TPSA) is 40.9 Å². The summed E-state index contributed by atoms with van der Waals surface area (Å²) >= 11 is 1.51. The van der Waals surface area contributed by atoms with E-state index in [9.17, 15) is 4.79 Å². The van der Waals surface area contributed by atoms with Crippen molar-refractivity contribution in [1.82, 2.24) is 0 Å². The largest absolute Gasteiger partial charge is 0.289 e. The number of thiophene rings is 1. The third-order valence-electron chi connectivity index (χ3n) is 2.65. The molecule has 2 aromatic rings. The lowest BCUT2D eigenvalue weighted by atomic mass is 9.99. The molecule has 3 heteroatoms. The SMILES string of the molecule is CC(C#N)c1ccc(C(=O)c2ccsc2)cc1. The monoisotopic (exact) mass is 241 g/mol.